The molecule has 0 unspecified atom stereocenters. The predicted molar refractivity (Wildman–Crippen MR) is 73.3 cm³/mol. The van der Waals surface area contributed by atoms with Gasteiger partial charge in [-0.1, -0.05) is 0 Å². The smallest absolute Gasteiger partial charge is 0.199 e. The molecule has 0 radical (unpaired) electrons. The summed E-state index contributed by atoms with van der Waals surface area (Å²) in [6, 6.07) is 2.19. The molecule has 1 aliphatic rings. The van der Waals surface area contributed by atoms with Crippen molar-refractivity contribution in [2.45, 2.75) is 0 Å². The highest BCUT2D eigenvalue weighted by molar-refractivity contribution is 5.82. The number of halogens is 2. The zero-order valence-electron chi connectivity index (χ0n) is 11.1. The third-order valence-electron chi connectivity index (χ3n) is 3.64. The molecule has 21 heavy (non-hydrogen) atoms. The molecule has 2 aromatic heterocycles. The van der Waals surface area contributed by atoms with E-state index in [9.17, 15) is 8.78 Å². The molecule has 1 fully saturated rings. The first kappa shape index (κ1) is 12.4. The van der Waals surface area contributed by atoms with Gasteiger partial charge in [-0.15, -0.1) is 0 Å². The lowest BCUT2D eigenvalue weighted by Gasteiger charge is -2.28. The second-order valence-electron chi connectivity index (χ2n) is 4.92. The van der Waals surface area contributed by atoms with Crippen LogP contribution in [0.3, 0.4) is 0 Å². The van der Waals surface area contributed by atoms with Crippen molar-refractivity contribution in [3.63, 3.8) is 0 Å². The summed E-state index contributed by atoms with van der Waals surface area (Å²) in [7, 11) is 0. The molecule has 6 nitrogen and oxygen atoms in total. The van der Waals surface area contributed by atoms with Gasteiger partial charge in [-0.2, -0.15) is 5.10 Å². The molecular formula is C13H12F2N6. The minimum Gasteiger partial charge on any atom is -0.351 e. The lowest BCUT2D eigenvalue weighted by atomic mass is 10.2. The highest BCUT2D eigenvalue weighted by Gasteiger charge is 2.19. The third-order valence-corrected chi connectivity index (χ3v) is 3.64. The fourth-order valence-electron chi connectivity index (χ4n) is 2.61. The quantitative estimate of drug-likeness (QED) is 0.723. The summed E-state index contributed by atoms with van der Waals surface area (Å²) < 4.78 is 28.4. The second kappa shape index (κ2) is 4.59. The Kier molecular flexibility index (Phi) is 2.71. The van der Waals surface area contributed by atoms with Gasteiger partial charge in [-0.3, -0.25) is 0 Å². The lowest BCUT2D eigenvalue weighted by molar-refractivity contribution is 0.510. The predicted octanol–water partition coefficient (Wildman–Crippen LogP) is 0.965. The number of rotatable bonds is 1. The molecule has 1 aromatic carbocycles. The third kappa shape index (κ3) is 1.90. The van der Waals surface area contributed by atoms with Gasteiger partial charge in [0.15, 0.2) is 23.1 Å². The van der Waals surface area contributed by atoms with Gasteiger partial charge < -0.3 is 10.2 Å². The average molecular weight is 290 g/mol. The summed E-state index contributed by atoms with van der Waals surface area (Å²) in [6.45, 7) is 3.25. The molecule has 0 amide bonds. The van der Waals surface area contributed by atoms with E-state index in [1.807, 2.05) is 0 Å². The van der Waals surface area contributed by atoms with E-state index in [4.69, 9.17) is 0 Å². The van der Waals surface area contributed by atoms with Crippen LogP contribution in [-0.4, -0.2) is 45.8 Å². The van der Waals surface area contributed by atoms with Crippen molar-refractivity contribution in [3.05, 3.63) is 30.1 Å². The highest BCUT2D eigenvalue weighted by atomic mass is 19.2. The molecule has 8 heteroatoms. The van der Waals surface area contributed by atoms with Gasteiger partial charge in [0, 0.05) is 38.3 Å². The van der Waals surface area contributed by atoms with E-state index in [1.54, 1.807) is 0 Å². The van der Waals surface area contributed by atoms with Crippen LogP contribution < -0.4 is 10.2 Å². The number of nitrogens with one attached hydrogen (secondary N) is 1. The summed E-state index contributed by atoms with van der Waals surface area (Å²) in [5.41, 5.74) is 1.32. The summed E-state index contributed by atoms with van der Waals surface area (Å²) in [6.07, 6.45) is 1.39. The standard InChI is InChI=1S/C13H12F2N6/c14-8-5-10-11(6-9(8)15)21-12(17-7-18-21)13(19-10)20-3-1-16-2-4-20/h5-7,16H,1-4H2. The summed E-state index contributed by atoms with van der Waals surface area (Å²) in [4.78, 5) is 10.7. The van der Waals surface area contributed by atoms with Gasteiger partial charge in [0.2, 0.25) is 0 Å². The van der Waals surface area contributed by atoms with Gasteiger partial charge in [0.1, 0.15) is 6.33 Å². The summed E-state index contributed by atoms with van der Waals surface area (Å²) in [5.74, 6) is -1.19. The van der Waals surface area contributed by atoms with E-state index in [0.29, 0.717) is 22.5 Å². The Labute approximate surface area is 118 Å². The molecule has 3 heterocycles. The summed E-state index contributed by atoms with van der Waals surface area (Å²) in [5, 5.41) is 7.37. The molecule has 1 N–H and O–H groups in total. The van der Waals surface area contributed by atoms with Crippen LogP contribution >= 0.6 is 0 Å². The summed E-state index contributed by atoms with van der Waals surface area (Å²) >= 11 is 0. The van der Waals surface area contributed by atoms with Gasteiger partial charge in [0.05, 0.1) is 11.0 Å². The second-order valence-corrected chi connectivity index (χ2v) is 4.92. The van der Waals surface area contributed by atoms with Crippen LogP contribution in [0.1, 0.15) is 0 Å². The molecular weight excluding hydrogens is 278 g/mol. The van der Waals surface area contributed by atoms with Crippen LogP contribution in [0.4, 0.5) is 14.6 Å². The number of fused-ring (bicyclic) bond motifs is 3. The van der Waals surface area contributed by atoms with Gasteiger partial charge in [-0.25, -0.2) is 23.3 Å². The number of hydrogen-bond donors (Lipinski definition) is 1. The molecule has 1 aliphatic heterocycles. The van der Waals surface area contributed by atoms with E-state index >= 15 is 0 Å². The fraction of sp³-hybridized carbons (Fsp3) is 0.308. The molecule has 0 bridgehead atoms. The molecule has 4 rings (SSSR count). The maximum atomic E-state index is 13.5. The fourth-order valence-corrected chi connectivity index (χ4v) is 2.61. The Morgan fingerprint density at radius 1 is 1.10 bits per heavy atom. The molecule has 0 aliphatic carbocycles. The van der Waals surface area contributed by atoms with E-state index in [0.717, 1.165) is 38.3 Å². The van der Waals surface area contributed by atoms with Crippen LogP contribution in [-0.2, 0) is 0 Å². The van der Waals surface area contributed by atoms with Gasteiger partial charge >= 0.3 is 0 Å². The van der Waals surface area contributed by atoms with Crippen molar-refractivity contribution in [3.8, 4) is 0 Å². The first-order valence-corrected chi connectivity index (χ1v) is 6.68. The zero-order chi connectivity index (χ0) is 14.4. The Balaban J connectivity index is 2.00. The average Bonchev–Trinajstić information content (AvgIpc) is 2.99. The van der Waals surface area contributed by atoms with E-state index in [1.165, 1.54) is 10.8 Å². The Bertz CT molecular complexity index is 824. The van der Waals surface area contributed by atoms with Crippen molar-refractivity contribution in [2.75, 3.05) is 31.1 Å². The number of aromatic nitrogens is 4. The van der Waals surface area contributed by atoms with Crippen LogP contribution in [0.25, 0.3) is 16.7 Å². The van der Waals surface area contributed by atoms with Crippen molar-refractivity contribution in [1.82, 2.24) is 24.9 Å². The molecule has 0 saturated carbocycles. The molecule has 3 aromatic rings. The molecule has 108 valence electrons. The normalized spacial score (nSPS) is 16.0. The van der Waals surface area contributed by atoms with E-state index < -0.39 is 11.6 Å². The van der Waals surface area contributed by atoms with E-state index in [-0.39, 0.29) is 0 Å². The number of benzene rings is 1. The Morgan fingerprint density at radius 3 is 2.67 bits per heavy atom. The van der Waals surface area contributed by atoms with Crippen molar-refractivity contribution in [2.24, 2.45) is 0 Å². The van der Waals surface area contributed by atoms with Crippen molar-refractivity contribution in [1.29, 1.82) is 0 Å². The van der Waals surface area contributed by atoms with E-state index in [2.05, 4.69) is 25.3 Å². The molecule has 0 atom stereocenters. The number of nitrogens with zero attached hydrogens (tertiary/aromatic N) is 5. The van der Waals surface area contributed by atoms with Gasteiger partial charge in [0.25, 0.3) is 0 Å². The zero-order valence-corrected chi connectivity index (χ0v) is 11.1. The number of hydrogen-bond acceptors (Lipinski definition) is 5. The van der Waals surface area contributed by atoms with Crippen LogP contribution in [0.5, 0.6) is 0 Å². The first-order chi connectivity index (χ1) is 10.2. The van der Waals surface area contributed by atoms with Crippen molar-refractivity contribution < 1.29 is 8.78 Å². The Hall–Kier alpha value is -2.35. The molecule has 1 saturated heterocycles. The first-order valence-electron chi connectivity index (χ1n) is 6.68. The van der Waals surface area contributed by atoms with Crippen molar-refractivity contribution >= 4 is 22.5 Å². The Morgan fingerprint density at radius 2 is 1.86 bits per heavy atom. The minimum atomic E-state index is -0.920. The topological polar surface area (TPSA) is 58.4 Å². The number of anilines is 1. The maximum absolute atomic E-state index is 13.5. The SMILES string of the molecule is Fc1cc2nc(N3CCNCC3)c3ncnn3c2cc1F. The molecule has 0 spiro atoms. The number of piperazine rings is 1. The minimum absolute atomic E-state index is 0.362. The monoisotopic (exact) mass is 290 g/mol. The highest BCUT2D eigenvalue weighted by Crippen LogP contribution is 2.24. The van der Waals surface area contributed by atoms with Gasteiger partial charge in [-0.05, 0) is 0 Å². The lowest BCUT2D eigenvalue weighted by Crippen LogP contribution is -2.44. The van der Waals surface area contributed by atoms with Crippen LogP contribution in [0, 0.1) is 11.6 Å². The largest absolute Gasteiger partial charge is 0.351 e. The maximum Gasteiger partial charge on any atom is 0.199 e. The van der Waals surface area contributed by atoms with Crippen LogP contribution in [0.2, 0.25) is 0 Å². The van der Waals surface area contributed by atoms with Crippen LogP contribution in [0.15, 0.2) is 18.5 Å².